The molecule has 1 heterocycles. The molecule has 0 aliphatic rings. The zero-order valence-corrected chi connectivity index (χ0v) is 11.4. The first-order valence-electron chi connectivity index (χ1n) is 6.22. The van der Waals surface area contributed by atoms with E-state index in [9.17, 15) is 4.79 Å². The summed E-state index contributed by atoms with van der Waals surface area (Å²) in [5, 5.41) is 0. The van der Waals surface area contributed by atoms with Crippen molar-refractivity contribution in [1.29, 1.82) is 0 Å². The maximum Gasteiger partial charge on any atom is 0.341 e. The van der Waals surface area contributed by atoms with Gasteiger partial charge in [-0.15, -0.1) is 0 Å². The van der Waals surface area contributed by atoms with Crippen molar-refractivity contribution in [3.05, 3.63) is 42.1 Å². The second-order valence-corrected chi connectivity index (χ2v) is 4.11. The molecule has 0 unspecified atom stereocenters. The highest BCUT2D eigenvalue weighted by Gasteiger charge is 2.13. The lowest BCUT2D eigenvalue weighted by molar-refractivity contribution is 0.0527. The van der Waals surface area contributed by atoms with E-state index in [1.54, 1.807) is 26.3 Å². The standard InChI is InChI=1S/C15H16N2O3/c1-3-20-15(18)13-8-11(9-17-14(13)16)10-5-4-6-12(7-10)19-2/h4-9H,3H2,1-2H3,(H2,16,17). The monoisotopic (exact) mass is 272 g/mol. The van der Waals surface area contributed by atoms with Gasteiger partial charge in [-0.05, 0) is 30.7 Å². The van der Waals surface area contributed by atoms with Crippen LogP contribution in [0.5, 0.6) is 5.75 Å². The third-order valence-electron chi connectivity index (χ3n) is 2.82. The van der Waals surface area contributed by atoms with Crippen molar-refractivity contribution in [3.63, 3.8) is 0 Å². The Balaban J connectivity index is 2.42. The fraction of sp³-hybridized carbons (Fsp3) is 0.200. The van der Waals surface area contributed by atoms with Gasteiger partial charge in [-0.2, -0.15) is 0 Å². The molecule has 2 N–H and O–H groups in total. The molecule has 0 saturated heterocycles. The second kappa shape index (κ2) is 6.06. The van der Waals surface area contributed by atoms with Gasteiger partial charge < -0.3 is 15.2 Å². The number of carbonyl (C=O) groups is 1. The number of hydrogen-bond donors (Lipinski definition) is 1. The summed E-state index contributed by atoms with van der Waals surface area (Å²) in [6.45, 7) is 2.04. The molecule has 0 atom stereocenters. The van der Waals surface area contributed by atoms with E-state index < -0.39 is 5.97 Å². The Bertz CT molecular complexity index is 626. The molecule has 1 aromatic heterocycles. The summed E-state index contributed by atoms with van der Waals surface area (Å²) >= 11 is 0. The highest BCUT2D eigenvalue weighted by atomic mass is 16.5. The van der Waals surface area contributed by atoms with E-state index in [0.717, 1.165) is 16.9 Å². The largest absolute Gasteiger partial charge is 0.497 e. The highest BCUT2D eigenvalue weighted by Crippen LogP contribution is 2.25. The number of nitrogens with zero attached hydrogens (tertiary/aromatic N) is 1. The Labute approximate surface area is 117 Å². The van der Waals surface area contributed by atoms with Crippen molar-refractivity contribution in [2.75, 3.05) is 19.5 Å². The minimum Gasteiger partial charge on any atom is -0.497 e. The highest BCUT2D eigenvalue weighted by molar-refractivity contribution is 5.95. The van der Waals surface area contributed by atoms with Crippen molar-refractivity contribution >= 4 is 11.8 Å². The van der Waals surface area contributed by atoms with Gasteiger partial charge in [0.2, 0.25) is 0 Å². The smallest absolute Gasteiger partial charge is 0.341 e. The number of benzene rings is 1. The van der Waals surface area contributed by atoms with Crippen LogP contribution in [-0.4, -0.2) is 24.7 Å². The van der Waals surface area contributed by atoms with Crippen molar-refractivity contribution in [2.24, 2.45) is 0 Å². The van der Waals surface area contributed by atoms with Crippen LogP contribution in [0.1, 0.15) is 17.3 Å². The number of nitrogens with two attached hydrogens (primary N) is 1. The number of carbonyl (C=O) groups excluding carboxylic acids is 1. The van der Waals surface area contributed by atoms with E-state index in [1.807, 2.05) is 24.3 Å². The maximum absolute atomic E-state index is 11.8. The summed E-state index contributed by atoms with van der Waals surface area (Å²) in [5.41, 5.74) is 7.66. The molecule has 0 spiro atoms. The fourth-order valence-corrected chi connectivity index (χ4v) is 1.81. The second-order valence-electron chi connectivity index (χ2n) is 4.11. The maximum atomic E-state index is 11.8. The molecule has 2 rings (SSSR count). The lowest BCUT2D eigenvalue weighted by Gasteiger charge is -2.08. The van der Waals surface area contributed by atoms with Crippen LogP contribution < -0.4 is 10.5 Å². The predicted molar refractivity (Wildman–Crippen MR) is 76.6 cm³/mol. The van der Waals surface area contributed by atoms with E-state index in [-0.39, 0.29) is 11.4 Å². The van der Waals surface area contributed by atoms with Crippen molar-refractivity contribution in [2.45, 2.75) is 6.92 Å². The van der Waals surface area contributed by atoms with Crippen LogP contribution in [0.2, 0.25) is 0 Å². The number of hydrogen-bond acceptors (Lipinski definition) is 5. The van der Waals surface area contributed by atoms with E-state index in [4.69, 9.17) is 15.2 Å². The number of rotatable bonds is 4. The van der Waals surface area contributed by atoms with Gasteiger partial charge in [0.1, 0.15) is 17.1 Å². The van der Waals surface area contributed by atoms with Crippen LogP contribution in [-0.2, 0) is 4.74 Å². The molecular weight excluding hydrogens is 256 g/mol. The number of aromatic nitrogens is 1. The Morgan fingerprint density at radius 1 is 1.30 bits per heavy atom. The molecule has 0 fully saturated rings. The van der Waals surface area contributed by atoms with Crippen molar-refractivity contribution < 1.29 is 14.3 Å². The molecule has 104 valence electrons. The normalized spacial score (nSPS) is 10.1. The van der Waals surface area contributed by atoms with E-state index in [0.29, 0.717) is 6.61 Å². The minimum absolute atomic E-state index is 0.162. The molecule has 1 aromatic carbocycles. The first-order chi connectivity index (χ1) is 9.65. The summed E-state index contributed by atoms with van der Waals surface area (Å²) in [6, 6.07) is 9.16. The average Bonchev–Trinajstić information content (AvgIpc) is 2.48. The number of esters is 1. The lowest BCUT2D eigenvalue weighted by atomic mass is 10.1. The van der Waals surface area contributed by atoms with Crippen LogP contribution in [0.4, 0.5) is 5.82 Å². The Hall–Kier alpha value is -2.56. The first-order valence-corrected chi connectivity index (χ1v) is 6.22. The summed E-state index contributed by atoms with van der Waals surface area (Å²) in [5.74, 6) is 0.425. The SMILES string of the molecule is CCOC(=O)c1cc(-c2cccc(OC)c2)cnc1N. The van der Waals surface area contributed by atoms with Crippen LogP contribution in [0, 0.1) is 0 Å². The van der Waals surface area contributed by atoms with Crippen LogP contribution in [0.3, 0.4) is 0 Å². The third kappa shape index (κ3) is 2.88. The third-order valence-corrected chi connectivity index (χ3v) is 2.82. The molecule has 0 saturated carbocycles. The summed E-state index contributed by atoms with van der Waals surface area (Å²) in [6.07, 6.45) is 1.62. The topological polar surface area (TPSA) is 74.4 Å². The van der Waals surface area contributed by atoms with Crippen LogP contribution in [0.15, 0.2) is 36.5 Å². The molecule has 0 radical (unpaired) electrons. The molecule has 20 heavy (non-hydrogen) atoms. The minimum atomic E-state index is -0.470. The average molecular weight is 272 g/mol. The number of ether oxygens (including phenoxy) is 2. The molecular formula is C15H16N2O3. The van der Waals surface area contributed by atoms with Gasteiger partial charge in [0.25, 0.3) is 0 Å². The summed E-state index contributed by atoms with van der Waals surface area (Å²) in [4.78, 5) is 15.9. The van der Waals surface area contributed by atoms with Gasteiger partial charge in [-0.3, -0.25) is 0 Å². The Morgan fingerprint density at radius 2 is 2.10 bits per heavy atom. The zero-order chi connectivity index (χ0) is 14.5. The molecule has 5 nitrogen and oxygen atoms in total. The molecule has 2 aromatic rings. The van der Waals surface area contributed by atoms with Gasteiger partial charge in [0, 0.05) is 11.8 Å². The quantitative estimate of drug-likeness (QED) is 0.866. The van der Waals surface area contributed by atoms with Gasteiger partial charge in [-0.25, -0.2) is 9.78 Å². The van der Waals surface area contributed by atoms with E-state index >= 15 is 0 Å². The zero-order valence-electron chi connectivity index (χ0n) is 11.4. The summed E-state index contributed by atoms with van der Waals surface area (Å²) in [7, 11) is 1.60. The molecule has 0 aliphatic heterocycles. The van der Waals surface area contributed by atoms with Crippen LogP contribution in [0.25, 0.3) is 11.1 Å². The molecule has 5 heteroatoms. The van der Waals surface area contributed by atoms with Crippen LogP contribution >= 0.6 is 0 Å². The molecule has 0 aliphatic carbocycles. The number of pyridine rings is 1. The lowest BCUT2D eigenvalue weighted by Crippen LogP contribution is -2.09. The molecule has 0 bridgehead atoms. The van der Waals surface area contributed by atoms with Crippen molar-refractivity contribution in [3.8, 4) is 16.9 Å². The van der Waals surface area contributed by atoms with Gasteiger partial charge in [-0.1, -0.05) is 12.1 Å². The van der Waals surface area contributed by atoms with E-state index in [1.165, 1.54) is 0 Å². The predicted octanol–water partition coefficient (Wildman–Crippen LogP) is 2.52. The van der Waals surface area contributed by atoms with E-state index in [2.05, 4.69) is 4.98 Å². The Morgan fingerprint density at radius 3 is 2.80 bits per heavy atom. The van der Waals surface area contributed by atoms with Gasteiger partial charge in [0.05, 0.1) is 13.7 Å². The number of nitrogen functional groups attached to an aromatic ring is 1. The number of anilines is 1. The van der Waals surface area contributed by atoms with Crippen molar-refractivity contribution in [1.82, 2.24) is 4.98 Å². The summed E-state index contributed by atoms with van der Waals surface area (Å²) < 4.78 is 10.1. The Kier molecular flexibility index (Phi) is 4.20. The molecule has 0 amide bonds. The van der Waals surface area contributed by atoms with Gasteiger partial charge in [0.15, 0.2) is 0 Å². The van der Waals surface area contributed by atoms with Gasteiger partial charge >= 0.3 is 5.97 Å². The fourth-order valence-electron chi connectivity index (χ4n) is 1.81. The number of methoxy groups -OCH3 is 1. The first kappa shape index (κ1) is 13.9.